The number of hydrogen-bond acceptors (Lipinski definition) is 3. The summed E-state index contributed by atoms with van der Waals surface area (Å²) < 4.78 is 9.45. The van der Waals surface area contributed by atoms with E-state index in [2.05, 4.69) is 6.92 Å². The van der Waals surface area contributed by atoms with Gasteiger partial charge in [-0.05, 0) is 6.42 Å². The normalized spacial score (nSPS) is 15.9. The summed E-state index contributed by atoms with van der Waals surface area (Å²) in [5.41, 5.74) is 0. The number of ether oxygens (including phenoxy) is 2. The van der Waals surface area contributed by atoms with Gasteiger partial charge in [0.05, 0.1) is 0 Å². The molecule has 1 heterocycles. The first-order chi connectivity index (χ1) is 6.83. The summed E-state index contributed by atoms with van der Waals surface area (Å²) in [5, 5.41) is 0. The van der Waals surface area contributed by atoms with Crippen LogP contribution in [0, 0.1) is 0 Å². The molecule has 0 aliphatic carbocycles. The van der Waals surface area contributed by atoms with E-state index in [9.17, 15) is 4.79 Å². The molecule has 1 saturated heterocycles. The third-order valence-corrected chi connectivity index (χ3v) is 2.50. The largest absolute Gasteiger partial charge is 0.514 e. The van der Waals surface area contributed by atoms with Gasteiger partial charge >= 0.3 is 6.16 Å². The average molecular weight is 200 g/mol. The Kier molecular flexibility index (Phi) is 5.42. The van der Waals surface area contributed by atoms with Gasteiger partial charge in [-0.2, -0.15) is 0 Å². The zero-order valence-electron chi connectivity index (χ0n) is 8.96. The maximum Gasteiger partial charge on any atom is 0.514 e. The zero-order chi connectivity index (χ0) is 10.2. The summed E-state index contributed by atoms with van der Waals surface area (Å²) in [5.74, 6) is 0. The van der Waals surface area contributed by atoms with Gasteiger partial charge < -0.3 is 9.47 Å². The minimum absolute atomic E-state index is 0.238. The lowest BCUT2D eigenvalue weighted by atomic mass is 10.1. The Morgan fingerprint density at radius 3 is 2.14 bits per heavy atom. The van der Waals surface area contributed by atoms with Crippen LogP contribution in [0.3, 0.4) is 0 Å². The summed E-state index contributed by atoms with van der Waals surface area (Å²) >= 11 is 0. The van der Waals surface area contributed by atoms with Crippen LogP contribution >= 0.6 is 0 Å². The van der Waals surface area contributed by atoms with Gasteiger partial charge in [0.2, 0.25) is 0 Å². The molecule has 1 aliphatic heterocycles. The van der Waals surface area contributed by atoms with Crippen LogP contribution in [0.15, 0.2) is 0 Å². The topological polar surface area (TPSA) is 35.5 Å². The molecule has 82 valence electrons. The second-order valence-electron chi connectivity index (χ2n) is 3.83. The molecule has 1 rings (SSSR count). The van der Waals surface area contributed by atoms with Gasteiger partial charge in [0.15, 0.2) is 0 Å². The molecule has 0 aromatic rings. The summed E-state index contributed by atoms with van der Waals surface area (Å²) in [7, 11) is 0. The first-order valence-electron chi connectivity index (χ1n) is 5.70. The average Bonchev–Trinajstić information content (AvgIpc) is 2.13. The van der Waals surface area contributed by atoms with Crippen LogP contribution in [0.25, 0.3) is 0 Å². The van der Waals surface area contributed by atoms with Crippen LogP contribution in [0.2, 0.25) is 0 Å². The summed E-state index contributed by atoms with van der Waals surface area (Å²) in [4.78, 5) is 10.3. The van der Waals surface area contributed by atoms with Crippen molar-refractivity contribution in [3.63, 3.8) is 0 Å². The van der Waals surface area contributed by atoms with Crippen molar-refractivity contribution < 1.29 is 14.3 Å². The van der Waals surface area contributed by atoms with E-state index in [0.29, 0.717) is 0 Å². The Labute approximate surface area is 85.8 Å². The van der Waals surface area contributed by atoms with Crippen molar-refractivity contribution in [2.45, 2.75) is 64.6 Å². The predicted molar refractivity (Wildman–Crippen MR) is 54.0 cm³/mol. The van der Waals surface area contributed by atoms with Crippen molar-refractivity contribution in [3.8, 4) is 0 Å². The Hall–Kier alpha value is -0.730. The lowest BCUT2D eigenvalue weighted by Crippen LogP contribution is -2.35. The standard InChI is InChI=1S/C11H20O3/c1-2-3-4-5-6-7-8-9-10-13-11(12)14-10/h10H,2-9H2,1H3. The molecular weight excluding hydrogens is 180 g/mol. The van der Waals surface area contributed by atoms with Crippen LogP contribution < -0.4 is 0 Å². The van der Waals surface area contributed by atoms with Crippen LogP contribution in [0.5, 0.6) is 0 Å². The molecule has 0 unspecified atom stereocenters. The summed E-state index contributed by atoms with van der Waals surface area (Å²) in [6.45, 7) is 2.22. The van der Waals surface area contributed by atoms with Gasteiger partial charge in [-0.3, -0.25) is 0 Å². The van der Waals surface area contributed by atoms with Crippen molar-refractivity contribution in [2.75, 3.05) is 0 Å². The maximum atomic E-state index is 10.3. The molecule has 1 fully saturated rings. The minimum atomic E-state index is -0.516. The fourth-order valence-corrected chi connectivity index (χ4v) is 1.61. The molecule has 0 aromatic heterocycles. The number of unbranched alkanes of at least 4 members (excludes halogenated alkanes) is 6. The van der Waals surface area contributed by atoms with Gasteiger partial charge in [0, 0.05) is 6.42 Å². The molecule has 3 heteroatoms. The predicted octanol–water partition coefficient (Wildman–Crippen LogP) is 3.62. The molecule has 3 nitrogen and oxygen atoms in total. The number of carbonyl (C=O) groups is 1. The van der Waals surface area contributed by atoms with Gasteiger partial charge in [0.25, 0.3) is 6.29 Å². The molecule has 0 spiro atoms. The molecule has 0 atom stereocenters. The van der Waals surface area contributed by atoms with Gasteiger partial charge in [0.1, 0.15) is 0 Å². The van der Waals surface area contributed by atoms with Crippen molar-refractivity contribution in [2.24, 2.45) is 0 Å². The highest BCUT2D eigenvalue weighted by Crippen LogP contribution is 2.18. The van der Waals surface area contributed by atoms with E-state index in [1.165, 1.54) is 38.5 Å². The minimum Gasteiger partial charge on any atom is -0.394 e. The van der Waals surface area contributed by atoms with Crippen molar-refractivity contribution in [3.05, 3.63) is 0 Å². The molecule has 14 heavy (non-hydrogen) atoms. The quantitative estimate of drug-likeness (QED) is 0.443. The lowest BCUT2D eigenvalue weighted by molar-refractivity contribution is -0.185. The van der Waals surface area contributed by atoms with Gasteiger partial charge in [-0.15, -0.1) is 0 Å². The van der Waals surface area contributed by atoms with E-state index in [-0.39, 0.29) is 6.29 Å². The molecule has 0 N–H and O–H groups in total. The molecule has 1 aliphatic rings. The fourth-order valence-electron chi connectivity index (χ4n) is 1.61. The number of cyclic esters (lactones) is 2. The number of rotatable bonds is 8. The monoisotopic (exact) mass is 200 g/mol. The first kappa shape index (κ1) is 11.3. The van der Waals surface area contributed by atoms with E-state index >= 15 is 0 Å². The van der Waals surface area contributed by atoms with Crippen molar-refractivity contribution in [1.82, 2.24) is 0 Å². The Morgan fingerprint density at radius 1 is 1.00 bits per heavy atom. The third-order valence-electron chi connectivity index (χ3n) is 2.50. The highest BCUT2D eigenvalue weighted by molar-refractivity contribution is 5.63. The molecule has 0 amide bonds. The van der Waals surface area contributed by atoms with Crippen molar-refractivity contribution >= 4 is 6.16 Å². The molecule has 0 aromatic carbocycles. The Balaban J connectivity index is 1.74. The van der Waals surface area contributed by atoms with Crippen LogP contribution in [0.1, 0.15) is 58.3 Å². The van der Waals surface area contributed by atoms with Gasteiger partial charge in [-0.25, -0.2) is 4.79 Å². The Morgan fingerprint density at radius 2 is 1.57 bits per heavy atom. The van der Waals surface area contributed by atoms with Crippen LogP contribution in [0.4, 0.5) is 4.79 Å². The van der Waals surface area contributed by atoms with E-state index < -0.39 is 6.16 Å². The highest BCUT2D eigenvalue weighted by atomic mass is 16.9. The van der Waals surface area contributed by atoms with Gasteiger partial charge in [-0.1, -0.05) is 45.4 Å². The zero-order valence-corrected chi connectivity index (χ0v) is 8.96. The Bertz CT molecular complexity index is 160. The third kappa shape index (κ3) is 4.49. The maximum absolute atomic E-state index is 10.3. The van der Waals surface area contributed by atoms with E-state index in [0.717, 1.165) is 12.8 Å². The molecule has 0 radical (unpaired) electrons. The van der Waals surface area contributed by atoms with Crippen LogP contribution in [-0.4, -0.2) is 12.4 Å². The van der Waals surface area contributed by atoms with E-state index in [1.807, 2.05) is 0 Å². The number of carbonyl (C=O) groups excluding carboxylic acids is 1. The second-order valence-corrected chi connectivity index (χ2v) is 3.83. The fraction of sp³-hybridized carbons (Fsp3) is 0.909. The summed E-state index contributed by atoms with van der Waals surface area (Å²) in [6.07, 6.45) is 9.06. The smallest absolute Gasteiger partial charge is 0.394 e. The second kappa shape index (κ2) is 6.68. The highest BCUT2D eigenvalue weighted by Gasteiger charge is 2.28. The summed E-state index contributed by atoms with van der Waals surface area (Å²) in [6, 6.07) is 0. The van der Waals surface area contributed by atoms with Crippen molar-refractivity contribution in [1.29, 1.82) is 0 Å². The van der Waals surface area contributed by atoms with E-state index in [4.69, 9.17) is 9.47 Å². The SMILES string of the molecule is CCCCCCCCCC1OC(=O)O1. The first-order valence-corrected chi connectivity index (χ1v) is 5.70. The van der Waals surface area contributed by atoms with E-state index in [1.54, 1.807) is 0 Å². The molecule has 0 saturated carbocycles. The lowest BCUT2D eigenvalue weighted by Gasteiger charge is -2.25. The van der Waals surface area contributed by atoms with Crippen LogP contribution in [-0.2, 0) is 9.47 Å². The number of hydrogen-bond donors (Lipinski definition) is 0. The molecule has 0 bridgehead atoms. The molecular formula is C11H20O3.